The molecule has 0 aliphatic carbocycles. The first kappa shape index (κ1) is 11.5. The van der Waals surface area contributed by atoms with Gasteiger partial charge >= 0.3 is 0 Å². The molecule has 3 unspecified atom stereocenters. The molecule has 0 aromatic heterocycles. The smallest absolute Gasteiger partial charge is 0.159 e. The quantitative estimate of drug-likeness (QED) is 0.748. The number of benzene rings is 1. The third-order valence-corrected chi connectivity index (χ3v) is 3.29. The van der Waals surface area contributed by atoms with Crippen molar-refractivity contribution in [3.05, 3.63) is 35.4 Å². The average molecular weight is 226 g/mol. The van der Waals surface area contributed by atoms with Crippen LogP contribution in [-0.2, 0) is 4.74 Å². The molecular weight excluding hydrogens is 210 g/mol. The maximum Gasteiger partial charge on any atom is 0.159 e. The molecule has 1 heterocycles. The van der Waals surface area contributed by atoms with Crippen LogP contribution in [0.1, 0.15) is 38.2 Å². The van der Waals surface area contributed by atoms with Crippen LogP contribution in [0.3, 0.4) is 0 Å². The number of halogens is 2. The monoisotopic (exact) mass is 226 g/mol. The molecule has 1 nitrogen and oxygen atoms in total. The highest BCUT2D eigenvalue weighted by atomic mass is 19.2. The SMILES string of the molecule is CC1CCC(C(C)c2ccc(F)c(F)c2)O1. The summed E-state index contributed by atoms with van der Waals surface area (Å²) in [4.78, 5) is 0. The fraction of sp³-hybridized carbons (Fsp3) is 0.538. The molecule has 0 N–H and O–H groups in total. The molecule has 0 amide bonds. The van der Waals surface area contributed by atoms with E-state index in [4.69, 9.17) is 4.74 Å². The summed E-state index contributed by atoms with van der Waals surface area (Å²) in [5, 5.41) is 0. The summed E-state index contributed by atoms with van der Waals surface area (Å²) in [6.45, 7) is 4.04. The average Bonchev–Trinajstić information content (AvgIpc) is 2.68. The fourth-order valence-corrected chi connectivity index (χ4v) is 2.21. The first-order chi connectivity index (χ1) is 7.58. The van der Waals surface area contributed by atoms with E-state index in [0.717, 1.165) is 18.4 Å². The van der Waals surface area contributed by atoms with Gasteiger partial charge in [0.1, 0.15) is 0 Å². The van der Waals surface area contributed by atoms with E-state index in [9.17, 15) is 8.78 Å². The van der Waals surface area contributed by atoms with E-state index >= 15 is 0 Å². The van der Waals surface area contributed by atoms with Crippen molar-refractivity contribution in [2.24, 2.45) is 0 Å². The number of rotatable bonds is 2. The fourth-order valence-electron chi connectivity index (χ4n) is 2.21. The summed E-state index contributed by atoms with van der Waals surface area (Å²) in [6, 6.07) is 4.08. The lowest BCUT2D eigenvalue weighted by Gasteiger charge is -2.20. The predicted octanol–water partition coefficient (Wildman–Crippen LogP) is 3.64. The van der Waals surface area contributed by atoms with Gasteiger partial charge in [0.25, 0.3) is 0 Å². The zero-order valence-corrected chi connectivity index (χ0v) is 9.54. The van der Waals surface area contributed by atoms with Gasteiger partial charge in [0.05, 0.1) is 12.2 Å². The van der Waals surface area contributed by atoms with Crippen LogP contribution in [0.5, 0.6) is 0 Å². The summed E-state index contributed by atoms with van der Waals surface area (Å²) < 4.78 is 31.6. The van der Waals surface area contributed by atoms with Crippen LogP contribution in [0, 0.1) is 11.6 Å². The summed E-state index contributed by atoms with van der Waals surface area (Å²) in [5.74, 6) is -1.47. The van der Waals surface area contributed by atoms with E-state index < -0.39 is 11.6 Å². The Morgan fingerprint density at radius 3 is 2.56 bits per heavy atom. The molecule has 1 fully saturated rings. The van der Waals surface area contributed by atoms with Gasteiger partial charge in [-0.15, -0.1) is 0 Å². The van der Waals surface area contributed by atoms with Gasteiger partial charge in [0, 0.05) is 5.92 Å². The first-order valence-electron chi connectivity index (χ1n) is 5.68. The second kappa shape index (κ2) is 4.50. The Hall–Kier alpha value is -0.960. The lowest BCUT2D eigenvalue weighted by Crippen LogP contribution is -2.16. The molecule has 0 radical (unpaired) electrons. The van der Waals surface area contributed by atoms with Crippen molar-refractivity contribution < 1.29 is 13.5 Å². The molecule has 1 aromatic carbocycles. The molecule has 0 bridgehead atoms. The van der Waals surface area contributed by atoms with E-state index in [1.54, 1.807) is 6.07 Å². The van der Waals surface area contributed by atoms with Crippen LogP contribution < -0.4 is 0 Å². The van der Waals surface area contributed by atoms with E-state index in [0.29, 0.717) is 0 Å². The Morgan fingerprint density at radius 1 is 1.25 bits per heavy atom. The van der Waals surface area contributed by atoms with Gasteiger partial charge < -0.3 is 4.74 Å². The third-order valence-electron chi connectivity index (χ3n) is 3.29. The molecule has 1 aliphatic rings. The highest BCUT2D eigenvalue weighted by Crippen LogP contribution is 2.31. The molecule has 0 saturated carbocycles. The highest BCUT2D eigenvalue weighted by molar-refractivity contribution is 5.22. The van der Waals surface area contributed by atoms with E-state index in [-0.39, 0.29) is 18.1 Å². The molecule has 88 valence electrons. The van der Waals surface area contributed by atoms with Crippen LogP contribution in [-0.4, -0.2) is 12.2 Å². The van der Waals surface area contributed by atoms with Crippen molar-refractivity contribution in [3.8, 4) is 0 Å². The van der Waals surface area contributed by atoms with Gasteiger partial charge in [-0.05, 0) is 37.5 Å². The molecular formula is C13H16F2O. The van der Waals surface area contributed by atoms with Gasteiger partial charge in [0.15, 0.2) is 11.6 Å². The van der Waals surface area contributed by atoms with E-state index in [2.05, 4.69) is 0 Å². The van der Waals surface area contributed by atoms with Crippen molar-refractivity contribution >= 4 is 0 Å². The maximum absolute atomic E-state index is 13.1. The van der Waals surface area contributed by atoms with E-state index in [1.165, 1.54) is 12.1 Å². The normalized spacial score (nSPS) is 27.0. The van der Waals surface area contributed by atoms with Crippen LogP contribution in [0.25, 0.3) is 0 Å². The van der Waals surface area contributed by atoms with Gasteiger partial charge in [-0.25, -0.2) is 8.78 Å². The summed E-state index contributed by atoms with van der Waals surface area (Å²) in [5.41, 5.74) is 0.804. The van der Waals surface area contributed by atoms with Crippen LogP contribution >= 0.6 is 0 Å². The molecule has 16 heavy (non-hydrogen) atoms. The topological polar surface area (TPSA) is 9.23 Å². The maximum atomic E-state index is 13.1. The third kappa shape index (κ3) is 2.24. The van der Waals surface area contributed by atoms with Gasteiger partial charge in [-0.2, -0.15) is 0 Å². The zero-order chi connectivity index (χ0) is 11.7. The summed E-state index contributed by atoms with van der Waals surface area (Å²) in [6.07, 6.45) is 2.43. The molecule has 1 aliphatic heterocycles. The minimum atomic E-state index is -0.795. The standard InChI is InChI=1S/C13H16F2O/c1-8-3-6-13(16-8)9(2)10-4-5-11(14)12(15)7-10/h4-5,7-9,13H,3,6H2,1-2H3. The molecule has 0 spiro atoms. The van der Waals surface area contributed by atoms with Crippen LogP contribution in [0.15, 0.2) is 18.2 Å². The van der Waals surface area contributed by atoms with Crippen molar-refractivity contribution in [1.29, 1.82) is 0 Å². The van der Waals surface area contributed by atoms with Crippen molar-refractivity contribution in [3.63, 3.8) is 0 Å². The largest absolute Gasteiger partial charge is 0.375 e. The van der Waals surface area contributed by atoms with Crippen molar-refractivity contribution in [2.75, 3.05) is 0 Å². The lowest BCUT2D eigenvalue weighted by atomic mass is 9.93. The predicted molar refractivity (Wildman–Crippen MR) is 58.3 cm³/mol. The van der Waals surface area contributed by atoms with Gasteiger partial charge in [-0.1, -0.05) is 13.0 Å². The number of ether oxygens (including phenoxy) is 1. The van der Waals surface area contributed by atoms with Crippen molar-refractivity contribution in [2.45, 2.75) is 44.8 Å². The molecule has 3 atom stereocenters. The Kier molecular flexibility index (Phi) is 3.24. The first-order valence-corrected chi connectivity index (χ1v) is 5.68. The Balaban J connectivity index is 2.14. The minimum absolute atomic E-state index is 0.111. The molecule has 3 heteroatoms. The lowest BCUT2D eigenvalue weighted by molar-refractivity contribution is 0.0424. The zero-order valence-electron chi connectivity index (χ0n) is 9.54. The van der Waals surface area contributed by atoms with E-state index in [1.807, 2.05) is 13.8 Å². The second-order valence-corrected chi connectivity index (χ2v) is 4.52. The molecule has 1 aromatic rings. The Labute approximate surface area is 94.4 Å². The molecule has 2 rings (SSSR count). The van der Waals surface area contributed by atoms with Gasteiger partial charge in [0.2, 0.25) is 0 Å². The van der Waals surface area contributed by atoms with Crippen molar-refractivity contribution in [1.82, 2.24) is 0 Å². The summed E-state index contributed by atoms with van der Waals surface area (Å²) >= 11 is 0. The minimum Gasteiger partial charge on any atom is -0.375 e. The Morgan fingerprint density at radius 2 is 2.00 bits per heavy atom. The van der Waals surface area contributed by atoms with Crippen LogP contribution in [0.4, 0.5) is 8.78 Å². The number of hydrogen-bond donors (Lipinski definition) is 0. The second-order valence-electron chi connectivity index (χ2n) is 4.52. The Bertz CT molecular complexity index is 378. The summed E-state index contributed by atoms with van der Waals surface area (Å²) in [7, 11) is 0. The molecule has 1 saturated heterocycles. The van der Waals surface area contributed by atoms with Crippen LogP contribution in [0.2, 0.25) is 0 Å². The highest BCUT2D eigenvalue weighted by Gasteiger charge is 2.28. The van der Waals surface area contributed by atoms with Gasteiger partial charge in [-0.3, -0.25) is 0 Å². The number of hydrogen-bond acceptors (Lipinski definition) is 1.